The van der Waals surface area contributed by atoms with Crippen LogP contribution in [-0.4, -0.2) is 38.2 Å². The van der Waals surface area contributed by atoms with Gasteiger partial charge in [0.1, 0.15) is 17.2 Å². The van der Waals surface area contributed by atoms with Gasteiger partial charge in [0.25, 0.3) is 0 Å². The second-order valence-corrected chi connectivity index (χ2v) is 6.46. The van der Waals surface area contributed by atoms with Gasteiger partial charge in [-0.05, 0) is 48.7 Å². The van der Waals surface area contributed by atoms with Crippen molar-refractivity contribution in [3.63, 3.8) is 0 Å². The van der Waals surface area contributed by atoms with E-state index >= 15 is 0 Å². The van der Waals surface area contributed by atoms with Crippen LogP contribution in [0.4, 0.5) is 0 Å². The van der Waals surface area contributed by atoms with Crippen LogP contribution in [0.2, 0.25) is 0 Å². The fourth-order valence-corrected chi connectivity index (χ4v) is 3.02. The van der Waals surface area contributed by atoms with Crippen LogP contribution in [-0.2, 0) is 17.8 Å². The molecule has 0 saturated heterocycles. The van der Waals surface area contributed by atoms with Crippen LogP contribution in [0, 0.1) is 0 Å². The van der Waals surface area contributed by atoms with Crippen LogP contribution < -0.4 is 14.2 Å². The van der Waals surface area contributed by atoms with Crippen molar-refractivity contribution in [3.05, 3.63) is 53.6 Å². The summed E-state index contributed by atoms with van der Waals surface area (Å²) in [6.07, 6.45) is 2.43. The van der Waals surface area contributed by atoms with E-state index < -0.39 is 0 Å². The van der Waals surface area contributed by atoms with Gasteiger partial charge >= 0.3 is 0 Å². The van der Waals surface area contributed by atoms with Gasteiger partial charge in [0.05, 0.1) is 27.8 Å². The zero-order chi connectivity index (χ0) is 18.5. The topological polar surface area (TPSA) is 48.0 Å². The molecular formula is C21H25NO4. The molecule has 2 aromatic rings. The number of hydrogen-bond acceptors (Lipinski definition) is 4. The van der Waals surface area contributed by atoms with Gasteiger partial charge in [-0.25, -0.2) is 0 Å². The normalized spacial score (nSPS) is 13.2. The SMILES string of the molecule is COc1ccc(CN(C(=O)Cc2cc(OC)ccc2OC)C2CC2)cc1. The quantitative estimate of drug-likeness (QED) is 0.728. The van der Waals surface area contributed by atoms with Gasteiger partial charge in [-0.3, -0.25) is 4.79 Å². The summed E-state index contributed by atoms with van der Waals surface area (Å²) in [6.45, 7) is 0.611. The molecule has 0 unspecified atom stereocenters. The molecule has 0 aliphatic heterocycles. The first-order chi connectivity index (χ1) is 12.6. The number of methoxy groups -OCH3 is 3. The average Bonchev–Trinajstić information content (AvgIpc) is 3.51. The molecule has 26 heavy (non-hydrogen) atoms. The molecule has 1 fully saturated rings. The highest BCUT2D eigenvalue weighted by molar-refractivity contribution is 5.80. The molecule has 3 rings (SSSR count). The second-order valence-electron chi connectivity index (χ2n) is 6.46. The molecule has 1 aliphatic rings. The summed E-state index contributed by atoms with van der Waals surface area (Å²) in [6, 6.07) is 13.7. The van der Waals surface area contributed by atoms with E-state index in [4.69, 9.17) is 14.2 Å². The van der Waals surface area contributed by atoms with Crippen molar-refractivity contribution >= 4 is 5.91 Å². The Kier molecular flexibility index (Phi) is 5.66. The Bertz CT molecular complexity index is 753. The standard InChI is InChI=1S/C21H25NO4/c1-24-18-8-4-15(5-9-18)14-22(17-6-7-17)21(23)13-16-12-19(25-2)10-11-20(16)26-3/h4-5,8-12,17H,6-7,13-14H2,1-3H3. The van der Waals surface area contributed by atoms with Gasteiger partial charge in [-0.15, -0.1) is 0 Å². The highest BCUT2D eigenvalue weighted by Gasteiger charge is 2.32. The molecule has 0 heterocycles. The molecule has 2 aromatic carbocycles. The molecular weight excluding hydrogens is 330 g/mol. The Morgan fingerprint density at radius 1 is 0.962 bits per heavy atom. The third-order valence-electron chi connectivity index (χ3n) is 4.65. The third-order valence-corrected chi connectivity index (χ3v) is 4.65. The van der Waals surface area contributed by atoms with Crippen LogP contribution in [0.25, 0.3) is 0 Å². The molecule has 1 aliphatic carbocycles. The van der Waals surface area contributed by atoms with Crippen LogP contribution in [0.1, 0.15) is 24.0 Å². The van der Waals surface area contributed by atoms with Crippen molar-refractivity contribution in [1.82, 2.24) is 4.90 Å². The number of ether oxygens (including phenoxy) is 3. The van der Waals surface area contributed by atoms with E-state index in [0.29, 0.717) is 24.8 Å². The Morgan fingerprint density at radius 3 is 2.19 bits per heavy atom. The highest BCUT2D eigenvalue weighted by Crippen LogP contribution is 2.31. The number of carbonyl (C=O) groups excluding carboxylic acids is 1. The third kappa shape index (κ3) is 4.28. The molecule has 1 saturated carbocycles. The van der Waals surface area contributed by atoms with Crippen molar-refractivity contribution < 1.29 is 19.0 Å². The average molecular weight is 355 g/mol. The summed E-state index contributed by atoms with van der Waals surface area (Å²) in [5.74, 6) is 2.36. The molecule has 5 heteroatoms. The maximum Gasteiger partial charge on any atom is 0.227 e. The number of hydrogen-bond donors (Lipinski definition) is 0. The largest absolute Gasteiger partial charge is 0.497 e. The van der Waals surface area contributed by atoms with Crippen LogP contribution in [0.15, 0.2) is 42.5 Å². The van der Waals surface area contributed by atoms with Crippen molar-refractivity contribution in [1.29, 1.82) is 0 Å². The summed E-state index contributed by atoms with van der Waals surface area (Å²) in [4.78, 5) is 15.0. The molecule has 0 radical (unpaired) electrons. The highest BCUT2D eigenvalue weighted by atomic mass is 16.5. The lowest BCUT2D eigenvalue weighted by molar-refractivity contribution is -0.131. The Hall–Kier alpha value is -2.69. The minimum atomic E-state index is 0.106. The first kappa shape index (κ1) is 18.1. The number of rotatable bonds is 8. The first-order valence-corrected chi connectivity index (χ1v) is 8.78. The lowest BCUT2D eigenvalue weighted by Crippen LogP contribution is -2.33. The predicted octanol–water partition coefficient (Wildman–Crippen LogP) is 3.45. The summed E-state index contributed by atoms with van der Waals surface area (Å²) < 4.78 is 15.9. The molecule has 1 amide bonds. The smallest absolute Gasteiger partial charge is 0.227 e. The second kappa shape index (κ2) is 8.13. The molecule has 138 valence electrons. The number of amides is 1. The summed E-state index contributed by atoms with van der Waals surface area (Å²) in [7, 11) is 4.88. The molecule has 0 bridgehead atoms. The van der Waals surface area contributed by atoms with Gasteiger partial charge in [0.15, 0.2) is 0 Å². The summed E-state index contributed by atoms with van der Waals surface area (Å²) in [5, 5.41) is 0. The lowest BCUT2D eigenvalue weighted by Gasteiger charge is -2.23. The predicted molar refractivity (Wildman–Crippen MR) is 99.8 cm³/mol. The fourth-order valence-electron chi connectivity index (χ4n) is 3.02. The van der Waals surface area contributed by atoms with E-state index in [1.807, 2.05) is 47.4 Å². The number of carbonyl (C=O) groups is 1. The van der Waals surface area contributed by atoms with Gasteiger partial charge in [-0.1, -0.05) is 12.1 Å². The Balaban J connectivity index is 1.75. The van der Waals surface area contributed by atoms with Crippen molar-refractivity contribution in [2.24, 2.45) is 0 Å². The number of benzene rings is 2. The van der Waals surface area contributed by atoms with Crippen LogP contribution in [0.3, 0.4) is 0 Å². The Morgan fingerprint density at radius 2 is 1.62 bits per heavy atom. The first-order valence-electron chi connectivity index (χ1n) is 8.78. The van der Waals surface area contributed by atoms with E-state index in [1.54, 1.807) is 21.3 Å². The number of nitrogens with zero attached hydrogens (tertiary/aromatic N) is 1. The maximum absolute atomic E-state index is 13.0. The monoisotopic (exact) mass is 355 g/mol. The Labute approximate surface area is 154 Å². The minimum Gasteiger partial charge on any atom is -0.497 e. The fraction of sp³-hybridized carbons (Fsp3) is 0.381. The van der Waals surface area contributed by atoms with E-state index in [1.165, 1.54) is 0 Å². The van der Waals surface area contributed by atoms with Crippen LogP contribution >= 0.6 is 0 Å². The van der Waals surface area contributed by atoms with Crippen molar-refractivity contribution in [2.75, 3.05) is 21.3 Å². The van der Waals surface area contributed by atoms with E-state index in [0.717, 1.165) is 35.5 Å². The molecule has 0 aromatic heterocycles. The minimum absolute atomic E-state index is 0.106. The molecule has 0 N–H and O–H groups in total. The summed E-state index contributed by atoms with van der Waals surface area (Å²) >= 11 is 0. The molecule has 0 atom stereocenters. The maximum atomic E-state index is 13.0. The van der Waals surface area contributed by atoms with E-state index in [9.17, 15) is 4.79 Å². The van der Waals surface area contributed by atoms with Gasteiger partial charge in [0, 0.05) is 18.2 Å². The zero-order valence-corrected chi connectivity index (χ0v) is 15.5. The van der Waals surface area contributed by atoms with Crippen molar-refractivity contribution in [2.45, 2.75) is 31.8 Å². The molecule has 5 nitrogen and oxygen atoms in total. The van der Waals surface area contributed by atoms with Crippen LogP contribution in [0.5, 0.6) is 17.2 Å². The van der Waals surface area contributed by atoms with E-state index in [-0.39, 0.29) is 5.91 Å². The summed E-state index contributed by atoms with van der Waals surface area (Å²) in [5.41, 5.74) is 1.95. The zero-order valence-electron chi connectivity index (χ0n) is 15.5. The molecule has 0 spiro atoms. The van der Waals surface area contributed by atoms with Crippen molar-refractivity contribution in [3.8, 4) is 17.2 Å². The van der Waals surface area contributed by atoms with Gasteiger partial charge in [-0.2, -0.15) is 0 Å². The van der Waals surface area contributed by atoms with E-state index in [2.05, 4.69) is 0 Å². The van der Waals surface area contributed by atoms with Gasteiger partial charge < -0.3 is 19.1 Å². The lowest BCUT2D eigenvalue weighted by atomic mass is 10.1. The van der Waals surface area contributed by atoms with Gasteiger partial charge in [0.2, 0.25) is 5.91 Å².